The van der Waals surface area contributed by atoms with Gasteiger partial charge in [-0.1, -0.05) is 30.3 Å². The minimum absolute atomic E-state index is 0.121. The Labute approximate surface area is 153 Å². The lowest BCUT2D eigenvalue weighted by Crippen LogP contribution is -2.20. The Balaban J connectivity index is 2.03. The predicted octanol–water partition coefficient (Wildman–Crippen LogP) is 4.79. The van der Waals surface area contributed by atoms with E-state index in [0.29, 0.717) is 10.2 Å². The fraction of sp³-hybridized carbons (Fsp3) is 0.0526. The molecule has 0 aliphatic carbocycles. The van der Waals surface area contributed by atoms with E-state index in [-0.39, 0.29) is 5.56 Å². The number of benzene rings is 2. The largest absolute Gasteiger partial charge is 0.497 e. The summed E-state index contributed by atoms with van der Waals surface area (Å²) in [5.41, 5.74) is 2.44. The van der Waals surface area contributed by atoms with Crippen molar-refractivity contribution >= 4 is 33.8 Å². The second-order valence-electron chi connectivity index (χ2n) is 5.49. The Hall–Kier alpha value is -2.70. The van der Waals surface area contributed by atoms with Crippen LogP contribution < -0.4 is 10.3 Å². The van der Waals surface area contributed by atoms with E-state index in [0.717, 1.165) is 27.4 Å². The Bertz CT molecular complexity index is 1170. The molecule has 0 spiro atoms. The second kappa shape index (κ2) is 6.31. The number of aromatic nitrogens is 2. The summed E-state index contributed by atoms with van der Waals surface area (Å²) >= 11 is 6.89. The Morgan fingerprint density at radius 3 is 2.68 bits per heavy atom. The molecule has 4 rings (SSSR count). The predicted molar refractivity (Wildman–Crippen MR) is 105 cm³/mol. The summed E-state index contributed by atoms with van der Waals surface area (Å²) in [6, 6.07) is 17.1. The van der Waals surface area contributed by atoms with Gasteiger partial charge in [0.1, 0.15) is 10.6 Å². The van der Waals surface area contributed by atoms with Gasteiger partial charge in [0, 0.05) is 10.9 Å². The van der Waals surface area contributed by atoms with Crippen molar-refractivity contribution in [3.05, 3.63) is 75.1 Å². The number of methoxy groups -OCH3 is 1. The summed E-state index contributed by atoms with van der Waals surface area (Å²) in [5.74, 6) is 0.754. The van der Waals surface area contributed by atoms with Crippen LogP contribution in [-0.2, 0) is 0 Å². The van der Waals surface area contributed by atoms with Crippen LogP contribution in [0.15, 0.2) is 64.8 Å². The van der Waals surface area contributed by atoms with E-state index in [4.69, 9.17) is 17.0 Å². The molecule has 0 saturated heterocycles. The number of fused-ring (bicyclic) bond motifs is 1. The van der Waals surface area contributed by atoms with Crippen molar-refractivity contribution in [1.29, 1.82) is 0 Å². The highest BCUT2D eigenvalue weighted by molar-refractivity contribution is 7.71. The zero-order valence-corrected chi connectivity index (χ0v) is 15.0. The number of ether oxygens (including phenoxy) is 1. The highest BCUT2D eigenvalue weighted by Gasteiger charge is 2.15. The van der Waals surface area contributed by atoms with Gasteiger partial charge in [-0.15, -0.1) is 11.3 Å². The minimum atomic E-state index is -0.121. The lowest BCUT2D eigenvalue weighted by Gasteiger charge is -2.08. The van der Waals surface area contributed by atoms with Gasteiger partial charge in [0.05, 0.1) is 18.2 Å². The van der Waals surface area contributed by atoms with E-state index in [2.05, 4.69) is 4.98 Å². The molecule has 0 atom stereocenters. The molecule has 0 aliphatic heterocycles. The molecule has 124 valence electrons. The van der Waals surface area contributed by atoms with Gasteiger partial charge in [0.25, 0.3) is 5.56 Å². The van der Waals surface area contributed by atoms with Gasteiger partial charge in [0.2, 0.25) is 0 Å². The highest BCUT2D eigenvalue weighted by Crippen LogP contribution is 2.32. The molecule has 0 aliphatic rings. The van der Waals surface area contributed by atoms with Gasteiger partial charge < -0.3 is 9.72 Å². The van der Waals surface area contributed by atoms with E-state index < -0.39 is 0 Å². The molecule has 6 heteroatoms. The normalized spacial score (nSPS) is 10.9. The Morgan fingerprint density at radius 2 is 1.92 bits per heavy atom. The fourth-order valence-electron chi connectivity index (χ4n) is 2.83. The number of nitrogens with one attached hydrogen (secondary N) is 1. The van der Waals surface area contributed by atoms with Crippen molar-refractivity contribution in [2.75, 3.05) is 7.11 Å². The SMILES string of the molecule is COc1cccc(-c2csc3[nH]c(=S)n(-c4ccccc4)c(=O)c23)c1. The van der Waals surface area contributed by atoms with Crippen LogP contribution in [0.3, 0.4) is 0 Å². The van der Waals surface area contributed by atoms with Gasteiger partial charge in [-0.2, -0.15) is 0 Å². The van der Waals surface area contributed by atoms with Gasteiger partial charge in [-0.25, -0.2) is 0 Å². The van der Waals surface area contributed by atoms with Crippen LogP contribution in [0.4, 0.5) is 0 Å². The first-order valence-electron chi connectivity index (χ1n) is 7.65. The van der Waals surface area contributed by atoms with Gasteiger partial charge in [0.15, 0.2) is 4.77 Å². The van der Waals surface area contributed by atoms with Crippen LogP contribution in [0, 0.1) is 4.77 Å². The molecular formula is C19H14N2O2S2. The van der Waals surface area contributed by atoms with Gasteiger partial charge in [-0.3, -0.25) is 9.36 Å². The van der Waals surface area contributed by atoms with E-state index >= 15 is 0 Å². The smallest absolute Gasteiger partial charge is 0.268 e. The first-order valence-corrected chi connectivity index (χ1v) is 8.94. The third kappa shape index (κ3) is 2.69. The highest BCUT2D eigenvalue weighted by atomic mass is 32.1. The van der Waals surface area contributed by atoms with Crippen LogP contribution in [0.2, 0.25) is 0 Å². The van der Waals surface area contributed by atoms with Crippen molar-refractivity contribution in [3.8, 4) is 22.6 Å². The topological polar surface area (TPSA) is 47.0 Å². The molecule has 0 unspecified atom stereocenters. The molecule has 0 fully saturated rings. The molecule has 0 bridgehead atoms. The van der Waals surface area contributed by atoms with Gasteiger partial charge in [-0.05, 0) is 42.0 Å². The summed E-state index contributed by atoms with van der Waals surface area (Å²) in [6.07, 6.45) is 0. The maximum absolute atomic E-state index is 13.2. The first-order chi connectivity index (χ1) is 12.2. The van der Waals surface area contributed by atoms with Crippen LogP contribution >= 0.6 is 23.6 Å². The lowest BCUT2D eigenvalue weighted by atomic mass is 10.1. The van der Waals surface area contributed by atoms with Crippen LogP contribution in [0.5, 0.6) is 5.75 Å². The molecule has 2 heterocycles. The summed E-state index contributed by atoms with van der Waals surface area (Å²) < 4.78 is 7.23. The fourth-order valence-corrected chi connectivity index (χ4v) is 4.15. The second-order valence-corrected chi connectivity index (χ2v) is 6.76. The number of thiophene rings is 1. The number of rotatable bonds is 3. The molecule has 4 aromatic rings. The number of H-pyrrole nitrogens is 1. The van der Waals surface area contributed by atoms with E-state index in [1.807, 2.05) is 60.0 Å². The summed E-state index contributed by atoms with van der Waals surface area (Å²) in [4.78, 5) is 17.2. The van der Waals surface area contributed by atoms with Crippen molar-refractivity contribution in [2.45, 2.75) is 0 Å². The van der Waals surface area contributed by atoms with E-state index in [1.165, 1.54) is 15.9 Å². The molecule has 0 amide bonds. The maximum atomic E-state index is 13.2. The first kappa shape index (κ1) is 15.8. The molecule has 25 heavy (non-hydrogen) atoms. The average Bonchev–Trinajstić information content (AvgIpc) is 3.06. The monoisotopic (exact) mass is 366 g/mol. The number of aromatic amines is 1. The van der Waals surface area contributed by atoms with E-state index in [9.17, 15) is 4.79 Å². The molecule has 0 saturated carbocycles. The Morgan fingerprint density at radius 1 is 1.12 bits per heavy atom. The average molecular weight is 366 g/mol. The summed E-state index contributed by atoms with van der Waals surface area (Å²) in [5, 5.41) is 2.61. The van der Waals surface area contributed by atoms with Crippen molar-refractivity contribution in [1.82, 2.24) is 9.55 Å². The molecule has 0 radical (unpaired) electrons. The number of hydrogen-bond donors (Lipinski definition) is 1. The minimum Gasteiger partial charge on any atom is -0.497 e. The zero-order chi connectivity index (χ0) is 17.4. The molecule has 2 aromatic heterocycles. The van der Waals surface area contributed by atoms with Crippen LogP contribution in [0.1, 0.15) is 0 Å². The van der Waals surface area contributed by atoms with Crippen LogP contribution in [0.25, 0.3) is 27.0 Å². The lowest BCUT2D eigenvalue weighted by molar-refractivity contribution is 0.415. The molecular weight excluding hydrogens is 352 g/mol. The Kier molecular flexibility index (Phi) is 3.99. The number of nitrogens with zero attached hydrogens (tertiary/aromatic N) is 1. The number of para-hydroxylation sites is 1. The number of hydrogen-bond acceptors (Lipinski definition) is 4. The van der Waals surface area contributed by atoms with Crippen molar-refractivity contribution in [2.24, 2.45) is 0 Å². The van der Waals surface area contributed by atoms with Gasteiger partial charge >= 0.3 is 0 Å². The molecule has 2 aromatic carbocycles. The summed E-state index contributed by atoms with van der Waals surface area (Å²) in [7, 11) is 1.63. The summed E-state index contributed by atoms with van der Waals surface area (Å²) in [6.45, 7) is 0. The van der Waals surface area contributed by atoms with Crippen molar-refractivity contribution in [3.63, 3.8) is 0 Å². The van der Waals surface area contributed by atoms with Crippen molar-refractivity contribution < 1.29 is 4.74 Å². The standard InChI is InChI=1S/C19H14N2O2S2/c1-23-14-9-5-6-12(10-14)15-11-25-17-16(15)18(22)21(19(24)20-17)13-7-3-2-4-8-13/h2-11H,1H3,(H,20,24). The molecule has 4 nitrogen and oxygen atoms in total. The third-order valence-electron chi connectivity index (χ3n) is 4.03. The third-order valence-corrected chi connectivity index (χ3v) is 5.21. The zero-order valence-electron chi connectivity index (χ0n) is 13.4. The molecule has 1 N–H and O–H groups in total. The van der Waals surface area contributed by atoms with Crippen LogP contribution in [-0.4, -0.2) is 16.7 Å². The maximum Gasteiger partial charge on any atom is 0.268 e. The van der Waals surface area contributed by atoms with E-state index in [1.54, 1.807) is 7.11 Å². The quantitative estimate of drug-likeness (QED) is 0.531.